The Bertz CT molecular complexity index is 248. The number of hydrogen-bond acceptors (Lipinski definition) is 4. The lowest BCUT2D eigenvalue weighted by atomic mass is 9.86. The van der Waals surface area contributed by atoms with E-state index in [2.05, 4.69) is 5.32 Å². The third kappa shape index (κ3) is 5.33. The highest BCUT2D eigenvalue weighted by Crippen LogP contribution is 2.25. The average Bonchev–Trinajstić information content (AvgIpc) is 2.37. The van der Waals surface area contributed by atoms with Gasteiger partial charge in [0.15, 0.2) is 0 Å². The summed E-state index contributed by atoms with van der Waals surface area (Å²) in [5.41, 5.74) is 5.72. The SMILES string of the molecule is COCC(C)NC(=O)COC1CCCCC1CN. The molecule has 1 aliphatic carbocycles. The zero-order valence-electron chi connectivity index (χ0n) is 11.5. The fourth-order valence-electron chi connectivity index (χ4n) is 2.45. The summed E-state index contributed by atoms with van der Waals surface area (Å²) in [5.74, 6) is 0.323. The highest BCUT2D eigenvalue weighted by Gasteiger charge is 2.25. The molecule has 18 heavy (non-hydrogen) atoms. The lowest BCUT2D eigenvalue weighted by molar-refractivity contribution is -0.130. The Morgan fingerprint density at radius 2 is 2.17 bits per heavy atom. The van der Waals surface area contributed by atoms with Crippen LogP contribution in [0.2, 0.25) is 0 Å². The van der Waals surface area contributed by atoms with Gasteiger partial charge >= 0.3 is 0 Å². The summed E-state index contributed by atoms with van der Waals surface area (Å²) in [6, 6.07) is 0.0164. The first-order valence-electron chi connectivity index (χ1n) is 6.77. The molecular formula is C13H26N2O3. The molecule has 0 heterocycles. The summed E-state index contributed by atoms with van der Waals surface area (Å²) >= 11 is 0. The summed E-state index contributed by atoms with van der Waals surface area (Å²) in [7, 11) is 1.62. The Morgan fingerprint density at radius 1 is 1.44 bits per heavy atom. The first kappa shape index (κ1) is 15.4. The van der Waals surface area contributed by atoms with Crippen molar-refractivity contribution in [2.24, 2.45) is 11.7 Å². The second kappa shape index (κ2) is 8.45. The van der Waals surface area contributed by atoms with Crippen LogP contribution in [0.25, 0.3) is 0 Å². The van der Waals surface area contributed by atoms with Crippen molar-refractivity contribution in [1.82, 2.24) is 5.32 Å². The normalized spacial score (nSPS) is 25.7. The highest BCUT2D eigenvalue weighted by atomic mass is 16.5. The van der Waals surface area contributed by atoms with Crippen LogP contribution in [0.4, 0.5) is 0 Å². The number of amides is 1. The van der Waals surface area contributed by atoms with Gasteiger partial charge in [-0.15, -0.1) is 0 Å². The molecule has 1 amide bonds. The Morgan fingerprint density at radius 3 is 2.83 bits per heavy atom. The predicted molar refractivity (Wildman–Crippen MR) is 70.2 cm³/mol. The molecule has 0 saturated heterocycles. The van der Waals surface area contributed by atoms with Crippen LogP contribution in [-0.4, -0.2) is 44.9 Å². The minimum absolute atomic E-state index is 0.0164. The zero-order chi connectivity index (χ0) is 13.4. The fourth-order valence-corrected chi connectivity index (χ4v) is 2.45. The molecule has 1 rings (SSSR count). The van der Waals surface area contributed by atoms with Crippen molar-refractivity contribution in [3.05, 3.63) is 0 Å². The van der Waals surface area contributed by atoms with E-state index in [1.807, 2.05) is 6.92 Å². The Labute approximate surface area is 109 Å². The molecule has 5 heteroatoms. The number of ether oxygens (including phenoxy) is 2. The van der Waals surface area contributed by atoms with Gasteiger partial charge in [0.1, 0.15) is 6.61 Å². The van der Waals surface area contributed by atoms with Gasteiger partial charge < -0.3 is 20.5 Å². The zero-order valence-corrected chi connectivity index (χ0v) is 11.5. The van der Waals surface area contributed by atoms with Gasteiger partial charge in [0.2, 0.25) is 5.91 Å². The van der Waals surface area contributed by atoms with Crippen molar-refractivity contribution in [3.63, 3.8) is 0 Å². The Balaban J connectivity index is 2.24. The van der Waals surface area contributed by atoms with E-state index in [1.54, 1.807) is 7.11 Å². The molecule has 1 saturated carbocycles. The van der Waals surface area contributed by atoms with Gasteiger partial charge in [-0.25, -0.2) is 0 Å². The summed E-state index contributed by atoms with van der Waals surface area (Å²) in [4.78, 5) is 11.6. The molecule has 1 aliphatic rings. The van der Waals surface area contributed by atoms with Crippen molar-refractivity contribution in [2.75, 3.05) is 26.9 Å². The number of nitrogens with two attached hydrogens (primary N) is 1. The van der Waals surface area contributed by atoms with Crippen LogP contribution in [0.1, 0.15) is 32.6 Å². The van der Waals surface area contributed by atoms with Gasteiger partial charge in [-0.2, -0.15) is 0 Å². The molecule has 0 radical (unpaired) electrons. The summed E-state index contributed by atoms with van der Waals surface area (Å²) in [6.07, 6.45) is 4.67. The van der Waals surface area contributed by atoms with E-state index in [0.717, 1.165) is 12.8 Å². The molecule has 0 spiro atoms. The third-order valence-corrected chi connectivity index (χ3v) is 3.39. The number of nitrogens with one attached hydrogen (secondary N) is 1. The quantitative estimate of drug-likeness (QED) is 0.704. The number of hydrogen-bond donors (Lipinski definition) is 2. The molecule has 5 nitrogen and oxygen atoms in total. The minimum Gasteiger partial charge on any atom is -0.383 e. The standard InChI is InChI=1S/C13H26N2O3/c1-10(8-17-2)15-13(16)9-18-12-6-4-3-5-11(12)7-14/h10-12H,3-9,14H2,1-2H3,(H,15,16). The van der Waals surface area contributed by atoms with Gasteiger partial charge in [-0.3, -0.25) is 4.79 Å². The summed E-state index contributed by atoms with van der Waals surface area (Å²) in [6.45, 7) is 3.19. The van der Waals surface area contributed by atoms with Crippen molar-refractivity contribution < 1.29 is 14.3 Å². The Kier molecular flexibility index (Phi) is 7.23. The van der Waals surface area contributed by atoms with Gasteiger partial charge in [-0.1, -0.05) is 12.8 Å². The topological polar surface area (TPSA) is 73.6 Å². The van der Waals surface area contributed by atoms with Gasteiger partial charge in [0.05, 0.1) is 12.7 Å². The lowest BCUT2D eigenvalue weighted by Gasteiger charge is -2.30. The molecule has 0 aliphatic heterocycles. The summed E-state index contributed by atoms with van der Waals surface area (Å²) in [5, 5.41) is 2.83. The van der Waals surface area contributed by atoms with E-state index in [-0.39, 0.29) is 24.7 Å². The van der Waals surface area contributed by atoms with E-state index in [9.17, 15) is 4.79 Å². The van der Waals surface area contributed by atoms with Crippen molar-refractivity contribution in [3.8, 4) is 0 Å². The fraction of sp³-hybridized carbons (Fsp3) is 0.923. The molecule has 0 bridgehead atoms. The average molecular weight is 258 g/mol. The lowest BCUT2D eigenvalue weighted by Crippen LogP contribution is -2.40. The second-order valence-electron chi connectivity index (χ2n) is 5.05. The van der Waals surface area contributed by atoms with Gasteiger partial charge in [0.25, 0.3) is 0 Å². The second-order valence-corrected chi connectivity index (χ2v) is 5.05. The van der Waals surface area contributed by atoms with Crippen LogP contribution in [0.3, 0.4) is 0 Å². The van der Waals surface area contributed by atoms with Crippen LogP contribution in [-0.2, 0) is 14.3 Å². The van der Waals surface area contributed by atoms with Crippen LogP contribution < -0.4 is 11.1 Å². The molecule has 3 atom stereocenters. The van der Waals surface area contributed by atoms with Crippen LogP contribution in [0.15, 0.2) is 0 Å². The number of methoxy groups -OCH3 is 1. The van der Waals surface area contributed by atoms with E-state index < -0.39 is 0 Å². The van der Waals surface area contributed by atoms with E-state index in [4.69, 9.17) is 15.2 Å². The molecule has 0 aromatic heterocycles. The van der Waals surface area contributed by atoms with Crippen molar-refractivity contribution >= 4 is 5.91 Å². The molecule has 106 valence electrons. The first-order chi connectivity index (χ1) is 8.67. The van der Waals surface area contributed by atoms with Crippen molar-refractivity contribution in [2.45, 2.75) is 44.8 Å². The first-order valence-corrected chi connectivity index (χ1v) is 6.77. The smallest absolute Gasteiger partial charge is 0.246 e. The highest BCUT2D eigenvalue weighted by molar-refractivity contribution is 5.77. The van der Waals surface area contributed by atoms with Crippen LogP contribution >= 0.6 is 0 Å². The van der Waals surface area contributed by atoms with E-state index >= 15 is 0 Å². The number of rotatable bonds is 7. The maximum atomic E-state index is 11.6. The van der Waals surface area contributed by atoms with Gasteiger partial charge in [0, 0.05) is 13.2 Å². The Hall–Kier alpha value is -0.650. The summed E-state index contributed by atoms with van der Waals surface area (Å²) < 4.78 is 10.7. The molecule has 3 N–H and O–H groups in total. The monoisotopic (exact) mass is 258 g/mol. The number of carbonyl (C=O) groups is 1. The molecule has 3 unspecified atom stereocenters. The largest absolute Gasteiger partial charge is 0.383 e. The van der Waals surface area contributed by atoms with Crippen molar-refractivity contribution in [1.29, 1.82) is 0 Å². The van der Waals surface area contributed by atoms with Gasteiger partial charge in [-0.05, 0) is 32.2 Å². The molecule has 1 fully saturated rings. The van der Waals surface area contributed by atoms with E-state index in [1.165, 1.54) is 12.8 Å². The molecule has 0 aromatic carbocycles. The molecule has 0 aromatic rings. The maximum Gasteiger partial charge on any atom is 0.246 e. The molecular weight excluding hydrogens is 232 g/mol. The predicted octanol–water partition coefficient (Wildman–Crippen LogP) is 0.672. The maximum absolute atomic E-state index is 11.6. The third-order valence-electron chi connectivity index (χ3n) is 3.39. The van der Waals surface area contributed by atoms with E-state index in [0.29, 0.717) is 19.1 Å². The van der Waals surface area contributed by atoms with Crippen LogP contribution in [0.5, 0.6) is 0 Å². The minimum atomic E-state index is -0.0825. The van der Waals surface area contributed by atoms with Crippen LogP contribution in [0, 0.1) is 5.92 Å². The number of carbonyl (C=O) groups excluding carboxylic acids is 1.